The molecule has 1 saturated heterocycles. The van der Waals surface area contributed by atoms with Crippen LogP contribution in [-0.4, -0.2) is 33.0 Å². The Balaban J connectivity index is 2.17. The summed E-state index contributed by atoms with van der Waals surface area (Å²) < 4.78 is 27.3. The fourth-order valence-electron chi connectivity index (χ4n) is 2.34. The number of carbonyl (C=O) groups excluding carboxylic acids is 1. The van der Waals surface area contributed by atoms with Gasteiger partial charge in [-0.25, -0.2) is 13.1 Å². The van der Waals surface area contributed by atoms with Gasteiger partial charge in [-0.1, -0.05) is 6.07 Å². The van der Waals surface area contributed by atoms with Gasteiger partial charge >= 0.3 is 0 Å². The Labute approximate surface area is 118 Å². The molecule has 1 aromatic carbocycles. The average Bonchev–Trinajstić information content (AvgIpc) is 2.38. The molecule has 4 N–H and O–H groups in total. The first kappa shape index (κ1) is 15.0. The van der Waals surface area contributed by atoms with Gasteiger partial charge in [0.25, 0.3) is 0 Å². The summed E-state index contributed by atoms with van der Waals surface area (Å²) in [5.74, 6) is -0.641. The molecule has 0 saturated carbocycles. The van der Waals surface area contributed by atoms with Gasteiger partial charge in [-0.05, 0) is 44.5 Å². The van der Waals surface area contributed by atoms with Crippen molar-refractivity contribution in [2.75, 3.05) is 6.54 Å². The van der Waals surface area contributed by atoms with Crippen molar-refractivity contribution < 1.29 is 13.2 Å². The molecule has 6 nitrogen and oxygen atoms in total. The van der Waals surface area contributed by atoms with Gasteiger partial charge < -0.3 is 11.1 Å². The minimum Gasteiger partial charge on any atom is -0.366 e. The molecule has 2 unspecified atom stereocenters. The Bertz CT molecular complexity index is 601. The molecule has 2 rings (SSSR count). The molecule has 1 amide bonds. The minimum absolute atomic E-state index is 0.0694. The molecule has 7 heteroatoms. The summed E-state index contributed by atoms with van der Waals surface area (Å²) in [6.45, 7) is 2.81. The van der Waals surface area contributed by atoms with E-state index in [0.29, 0.717) is 0 Å². The van der Waals surface area contributed by atoms with Gasteiger partial charge in [0, 0.05) is 17.6 Å². The Morgan fingerprint density at radius 1 is 1.45 bits per heavy atom. The number of sulfonamides is 1. The Morgan fingerprint density at radius 3 is 2.85 bits per heavy atom. The van der Waals surface area contributed by atoms with Crippen LogP contribution in [-0.2, 0) is 10.0 Å². The molecular formula is C13H19N3O3S. The van der Waals surface area contributed by atoms with Crippen LogP contribution < -0.4 is 15.8 Å². The van der Waals surface area contributed by atoms with Crippen LogP contribution in [0.5, 0.6) is 0 Å². The minimum atomic E-state index is -3.62. The average molecular weight is 297 g/mol. The number of benzene rings is 1. The quantitative estimate of drug-likeness (QED) is 0.739. The number of piperidine rings is 1. The lowest BCUT2D eigenvalue weighted by Crippen LogP contribution is -2.46. The van der Waals surface area contributed by atoms with E-state index in [4.69, 9.17) is 5.73 Å². The maximum Gasteiger partial charge on any atom is 0.248 e. The van der Waals surface area contributed by atoms with Crippen LogP contribution in [0.1, 0.15) is 30.1 Å². The highest BCUT2D eigenvalue weighted by molar-refractivity contribution is 7.89. The second kappa shape index (κ2) is 5.90. The summed E-state index contributed by atoms with van der Waals surface area (Å²) in [5, 5.41) is 3.27. The predicted molar refractivity (Wildman–Crippen MR) is 75.8 cm³/mol. The van der Waals surface area contributed by atoms with Crippen LogP contribution in [0.3, 0.4) is 0 Å². The summed E-state index contributed by atoms with van der Waals surface area (Å²) >= 11 is 0. The molecule has 1 aromatic rings. The van der Waals surface area contributed by atoms with E-state index in [0.717, 1.165) is 19.4 Å². The van der Waals surface area contributed by atoms with Crippen LogP contribution in [0.25, 0.3) is 0 Å². The van der Waals surface area contributed by atoms with Crippen molar-refractivity contribution in [2.45, 2.75) is 36.7 Å². The van der Waals surface area contributed by atoms with E-state index in [-0.39, 0.29) is 22.5 Å². The molecule has 0 spiro atoms. The summed E-state index contributed by atoms with van der Waals surface area (Å²) in [6, 6.07) is 5.96. The highest BCUT2D eigenvalue weighted by Gasteiger charge is 2.24. The smallest absolute Gasteiger partial charge is 0.248 e. The van der Waals surface area contributed by atoms with E-state index in [9.17, 15) is 13.2 Å². The van der Waals surface area contributed by atoms with Crippen molar-refractivity contribution in [3.8, 4) is 0 Å². The van der Waals surface area contributed by atoms with Gasteiger partial charge in [0.15, 0.2) is 0 Å². The van der Waals surface area contributed by atoms with E-state index in [2.05, 4.69) is 10.0 Å². The lowest BCUT2D eigenvalue weighted by molar-refractivity contribution is 0.1000. The van der Waals surface area contributed by atoms with Gasteiger partial charge in [-0.15, -0.1) is 0 Å². The Morgan fingerprint density at radius 2 is 2.20 bits per heavy atom. The molecule has 1 fully saturated rings. The molecule has 1 heterocycles. The highest BCUT2D eigenvalue weighted by Crippen LogP contribution is 2.15. The molecule has 1 aliphatic heterocycles. The maximum absolute atomic E-state index is 12.3. The van der Waals surface area contributed by atoms with Crippen molar-refractivity contribution in [1.82, 2.24) is 10.0 Å². The first-order valence-electron chi connectivity index (χ1n) is 6.54. The molecule has 0 aliphatic carbocycles. The van der Waals surface area contributed by atoms with Crippen LogP contribution in [0.15, 0.2) is 29.2 Å². The van der Waals surface area contributed by atoms with Crippen molar-refractivity contribution in [3.05, 3.63) is 29.8 Å². The zero-order valence-corrected chi connectivity index (χ0v) is 12.1. The summed E-state index contributed by atoms with van der Waals surface area (Å²) in [4.78, 5) is 11.2. The second-order valence-corrected chi connectivity index (χ2v) is 6.80. The number of nitrogens with two attached hydrogens (primary N) is 1. The van der Waals surface area contributed by atoms with Gasteiger partial charge in [0.2, 0.25) is 15.9 Å². The number of hydrogen-bond acceptors (Lipinski definition) is 4. The molecule has 1 aliphatic rings. The number of hydrogen-bond donors (Lipinski definition) is 3. The van der Waals surface area contributed by atoms with Crippen molar-refractivity contribution in [1.29, 1.82) is 0 Å². The largest absolute Gasteiger partial charge is 0.366 e. The SMILES string of the molecule is CC1CC(NS(=O)(=O)c2cccc(C(N)=O)c2)CCN1. The monoisotopic (exact) mass is 297 g/mol. The zero-order chi connectivity index (χ0) is 14.8. The molecule has 20 heavy (non-hydrogen) atoms. The lowest BCUT2D eigenvalue weighted by Gasteiger charge is -2.28. The number of amides is 1. The van der Waals surface area contributed by atoms with E-state index in [1.807, 2.05) is 6.92 Å². The van der Waals surface area contributed by atoms with E-state index in [1.54, 1.807) is 0 Å². The molecular weight excluding hydrogens is 278 g/mol. The van der Waals surface area contributed by atoms with Gasteiger partial charge in [0.05, 0.1) is 4.90 Å². The molecule has 110 valence electrons. The van der Waals surface area contributed by atoms with Gasteiger partial charge in [-0.3, -0.25) is 4.79 Å². The normalized spacial score (nSPS) is 23.4. The van der Waals surface area contributed by atoms with Crippen LogP contribution in [0.2, 0.25) is 0 Å². The Kier molecular flexibility index (Phi) is 4.42. The first-order valence-corrected chi connectivity index (χ1v) is 8.02. The fraction of sp³-hybridized carbons (Fsp3) is 0.462. The highest BCUT2D eigenvalue weighted by atomic mass is 32.2. The second-order valence-electron chi connectivity index (χ2n) is 5.09. The molecule has 0 radical (unpaired) electrons. The van der Waals surface area contributed by atoms with Crippen LogP contribution >= 0.6 is 0 Å². The maximum atomic E-state index is 12.3. The number of primary amides is 1. The zero-order valence-electron chi connectivity index (χ0n) is 11.3. The van der Waals surface area contributed by atoms with Crippen molar-refractivity contribution in [3.63, 3.8) is 0 Å². The topological polar surface area (TPSA) is 101 Å². The van der Waals surface area contributed by atoms with Gasteiger partial charge in [0.1, 0.15) is 0 Å². The summed E-state index contributed by atoms with van der Waals surface area (Å²) in [7, 11) is -3.62. The number of rotatable bonds is 4. The Hall–Kier alpha value is -1.44. The first-order chi connectivity index (χ1) is 9.38. The number of nitrogens with one attached hydrogen (secondary N) is 2. The predicted octanol–water partition coefficient (Wildman–Crippen LogP) is 0.204. The van der Waals surface area contributed by atoms with E-state index >= 15 is 0 Å². The summed E-state index contributed by atoms with van der Waals surface area (Å²) in [5.41, 5.74) is 5.35. The van der Waals surface area contributed by atoms with Gasteiger partial charge in [-0.2, -0.15) is 0 Å². The van der Waals surface area contributed by atoms with E-state index < -0.39 is 15.9 Å². The number of carbonyl (C=O) groups is 1. The fourth-order valence-corrected chi connectivity index (χ4v) is 3.67. The van der Waals surface area contributed by atoms with Crippen molar-refractivity contribution in [2.24, 2.45) is 5.73 Å². The third kappa shape index (κ3) is 3.56. The molecule has 0 bridgehead atoms. The molecule has 2 atom stereocenters. The van der Waals surface area contributed by atoms with Crippen LogP contribution in [0.4, 0.5) is 0 Å². The molecule has 0 aromatic heterocycles. The van der Waals surface area contributed by atoms with Crippen LogP contribution in [0, 0.1) is 0 Å². The van der Waals surface area contributed by atoms with E-state index in [1.165, 1.54) is 24.3 Å². The third-order valence-electron chi connectivity index (χ3n) is 3.37. The van der Waals surface area contributed by atoms with Crippen molar-refractivity contribution >= 4 is 15.9 Å². The lowest BCUT2D eigenvalue weighted by atomic mass is 10.0. The summed E-state index contributed by atoms with van der Waals surface area (Å²) in [6.07, 6.45) is 1.49. The standard InChI is InChI=1S/C13H19N3O3S/c1-9-7-11(5-6-15-9)16-20(18,19)12-4-2-3-10(8-12)13(14)17/h2-4,8-9,11,15-16H,5-7H2,1H3,(H2,14,17). The third-order valence-corrected chi connectivity index (χ3v) is 4.89.